The van der Waals surface area contributed by atoms with Gasteiger partial charge in [-0.1, -0.05) is 9.71 Å². The minimum absolute atomic E-state index is 0.258. The quantitative estimate of drug-likeness (QED) is 0.401. The zero-order chi connectivity index (χ0) is 12.6. The fourth-order valence-corrected chi connectivity index (χ4v) is 1.86. The molecule has 0 unspecified atom stereocenters. The number of hydrazone groups is 1. The molecular weight excluding hydrogens is 223 g/mol. The topological polar surface area (TPSA) is 37.6 Å². The van der Waals surface area contributed by atoms with Gasteiger partial charge in [-0.2, -0.15) is 5.53 Å². The van der Waals surface area contributed by atoms with Gasteiger partial charge in [-0.3, -0.25) is 9.80 Å². The van der Waals surface area contributed by atoms with Gasteiger partial charge >= 0.3 is 5.96 Å². The van der Waals surface area contributed by atoms with Crippen molar-refractivity contribution in [2.24, 2.45) is 0 Å². The van der Waals surface area contributed by atoms with Crippen LogP contribution in [0.4, 0.5) is 16.0 Å². The second-order valence-electron chi connectivity index (χ2n) is 4.15. The normalized spacial score (nSPS) is 13.2. The van der Waals surface area contributed by atoms with Gasteiger partial charge in [0.05, 0.1) is 28.2 Å². The van der Waals surface area contributed by atoms with Crippen molar-refractivity contribution >= 4 is 17.5 Å². The van der Waals surface area contributed by atoms with Crippen LogP contribution in [-0.2, 0) is 0 Å². The summed E-state index contributed by atoms with van der Waals surface area (Å²) in [5.41, 5.74) is 3.27. The van der Waals surface area contributed by atoms with Crippen molar-refractivity contribution in [2.45, 2.75) is 0 Å². The molecule has 1 aliphatic rings. The monoisotopic (exact) mass is 239 g/mol. The highest BCUT2D eigenvalue weighted by Crippen LogP contribution is 2.29. The van der Waals surface area contributed by atoms with E-state index in [1.54, 1.807) is 16.9 Å². The van der Waals surface area contributed by atoms with Crippen LogP contribution in [0.1, 0.15) is 0 Å². The maximum Gasteiger partial charge on any atom is 0.378 e. The molecule has 0 spiro atoms. The molecule has 0 radical (unpaired) electrons. The summed E-state index contributed by atoms with van der Waals surface area (Å²) >= 11 is 0. The molecule has 6 nitrogen and oxygen atoms in total. The lowest BCUT2D eigenvalue weighted by atomic mass is 10.4. The summed E-state index contributed by atoms with van der Waals surface area (Å²) in [6.45, 7) is 0. The highest BCUT2D eigenvalue weighted by atomic mass is 19.2. The van der Waals surface area contributed by atoms with Gasteiger partial charge in [0.25, 0.3) is 0 Å². The number of nitrogens with one attached hydrogen (secondary N) is 1. The van der Waals surface area contributed by atoms with Crippen LogP contribution < -0.4 is 10.8 Å². The number of rotatable bonds is 0. The second kappa shape index (κ2) is 4.08. The molecule has 2 heterocycles. The summed E-state index contributed by atoms with van der Waals surface area (Å²) in [4.78, 5) is 7.77. The van der Waals surface area contributed by atoms with Gasteiger partial charge in [0.2, 0.25) is 5.82 Å². The van der Waals surface area contributed by atoms with Crippen LogP contribution in [0.5, 0.6) is 0 Å². The Bertz CT molecular complexity index is 446. The predicted molar refractivity (Wildman–Crippen MR) is 63.3 cm³/mol. The standard InChI is InChI=1S/C10H16FN6/c1-14(2)10(15(3)4)16-8-6-5-7-12-9(8)17(11)13-16/h5-7,13H,1-4H3/q+1. The number of hydrogen-bond acceptors (Lipinski definition) is 3. The van der Waals surface area contributed by atoms with Crippen molar-refractivity contribution in [3.8, 4) is 0 Å². The van der Waals surface area contributed by atoms with Crippen molar-refractivity contribution in [3.63, 3.8) is 0 Å². The Morgan fingerprint density at radius 3 is 2.59 bits per heavy atom. The summed E-state index contributed by atoms with van der Waals surface area (Å²) in [6, 6.07) is 3.58. The number of hydrazine groups is 2. The number of nitrogens with zero attached hydrogens (tertiary/aromatic N) is 5. The maximum absolute atomic E-state index is 13.6. The van der Waals surface area contributed by atoms with E-state index in [0.29, 0.717) is 10.9 Å². The molecule has 0 bridgehead atoms. The van der Waals surface area contributed by atoms with Gasteiger partial charge in [0, 0.05) is 6.20 Å². The van der Waals surface area contributed by atoms with E-state index in [-0.39, 0.29) is 5.82 Å². The minimum atomic E-state index is 0.258. The lowest BCUT2D eigenvalue weighted by molar-refractivity contribution is -0.512. The Kier molecular flexibility index (Phi) is 2.74. The Morgan fingerprint density at radius 2 is 2.00 bits per heavy atom. The Hall–Kier alpha value is -2.05. The zero-order valence-electron chi connectivity index (χ0n) is 10.3. The first-order chi connectivity index (χ1) is 8.02. The molecule has 2 rings (SSSR count). The minimum Gasteiger partial charge on any atom is -0.268 e. The molecule has 0 aromatic carbocycles. The van der Waals surface area contributed by atoms with Crippen LogP contribution in [0, 0.1) is 0 Å². The highest BCUT2D eigenvalue weighted by Gasteiger charge is 2.32. The molecular formula is C10H16FN6+. The Morgan fingerprint density at radius 1 is 1.35 bits per heavy atom. The molecule has 0 atom stereocenters. The number of fused-ring (bicyclic) bond motifs is 1. The van der Waals surface area contributed by atoms with E-state index in [4.69, 9.17) is 0 Å². The number of aromatic nitrogens is 1. The van der Waals surface area contributed by atoms with Crippen molar-refractivity contribution in [3.05, 3.63) is 18.3 Å². The second-order valence-corrected chi connectivity index (χ2v) is 4.15. The molecule has 0 aliphatic carbocycles. The van der Waals surface area contributed by atoms with Crippen molar-refractivity contribution in [1.82, 2.24) is 20.3 Å². The Balaban J connectivity index is 2.58. The first kappa shape index (κ1) is 11.4. The number of anilines is 1. The molecule has 1 aromatic rings. The average Bonchev–Trinajstić information content (AvgIpc) is 2.56. The first-order valence-corrected chi connectivity index (χ1v) is 5.21. The van der Waals surface area contributed by atoms with Crippen molar-refractivity contribution < 1.29 is 9.17 Å². The number of halogens is 1. The molecule has 0 saturated heterocycles. The number of pyridine rings is 1. The molecule has 0 fully saturated rings. The fraction of sp³-hybridized carbons (Fsp3) is 0.400. The van der Waals surface area contributed by atoms with E-state index >= 15 is 0 Å². The SMILES string of the molecule is CN(C)C(N(C)C)=[N+]1NN(F)c2ncccc21. The predicted octanol–water partition coefficient (Wildman–Crippen LogP) is 0.329. The van der Waals surface area contributed by atoms with E-state index in [1.807, 2.05) is 44.1 Å². The van der Waals surface area contributed by atoms with Crippen LogP contribution in [0.2, 0.25) is 0 Å². The summed E-state index contributed by atoms with van der Waals surface area (Å²) < 4.78 is 15.3. The third-order valence-corrected chi connectivity index (χ3v) is 2.38. The van der Waals surface area contributed by atoms with E-state index < -0.39 is 0 Å². The van der Waals surface area contributed by atoms with Crippen LogP contribution in [-0.4, -0.2) is 53.6 Å². The Labute approximate surface area is 99.4 Å². The number of hydrogen-bond donors (Lipinski definition) is 1. The maximum atomic E-state index is 13.6. The molecule has 1 aromatic heterocycles. The van der Waals surface area contributed by atoms with Crippen LogP contribution in [0.15, 0.2) is 18.3 Å². The van der Waals surface area contributed by atoms with Crippen LogP contribution >= 0.6 is 0 Å². The molecule has 0 amide bonds. The van der Waals surface area contributed by atoms with E-state index in [9.17, 15) is 4.48 Å². The first-order valence-electron chi connectivity index (χ1n) is 5.21. The molecule has 92 valence electrons. The lowest BCUT2D eigenvalue weighted by Crippen LogP contribution is -2.46. The third-order valence-electron chi connectivity index (χ3n) is 2.38. The van der Waals surface area contributed by atoms with Crippen molar-refractivity contribution in [1.29, 1.82) is 0 Å². The van der Waals surface area contributed by atoms with E-state index in [0.717, 1.165) is 5.96 Å². The number of guanidine groups is 1. The van der Waals surface area contributed by atoms with Gasteiger partial charge in [0.15, 0.2) is 5.69 Å². The van der Waals surface area contributed by atoms with Gasteiger partial charge < -0.3 is 0 Å². The van der Waals surface area contributed by atoms with Crippen LogP contribution in [0.3, 0.4) is 0 Å². The van der Waals surface area contributed by atoms with Gasteiger partial charge in [-0.15, -0.1) is 4.68 Å². The smallest absolute Gasteiger partial charge is 0.268 e. The summed E-state index contributed by atoms with van der Waals surface area (Å²) in [7, 11) is 7.59. The largest absolute Gasteiger partial charge is 0.378 e. The average molecular weight is 239 g/mol. The molecule has 17 heavy (non-hydrogen) atoms. The third kappa shape index (κ3) is 1.83. The molecule has 7 heteroatoms. The molecule has 1 aliphatic heterocycles. The zero-order valence-corrected chi connectivity index (χ0v) is 10.3. The van der Waals surface area contributed by atoms with Gasteiger partial charge in [0.1, 0.15) is 0 Å². The fourth-order valence-electron chi connectivity index (χ4n) is 1.86. The molecule has 1 N–H and O–H groups in total. The highest BCUT2D eigenvalue weighted by molar-refractivity contribution is 5.77. The summed E-state index contributed by atoms with van der Waals surface area (Å²) in [5.74, 6) is 1.06. The van der Waals surface area contributed by atoms with Gasteiger partial charge in [-0.25, -0.2) is 4.98 Å². The van der Waals surface area contributed by atoms with E-state index in [2.05, 4.69) is 10.5 Å². The van der Waals surface area contributed by atoms with Crippen LogP contribution in [0.25, 0.3) is 0 Å². The van der Waals surface area contributed by atoms with Gasteiger partial charge in [-0.05, 0) is 12.1 Å². The lowest BCUT2D eigenvalue weighted by Gasteiger charge is -2.18. The summed E-state index contributed by atoms with van der Waals surface area (Å²) in [6.07, 6.45) is 1.56. The summed E-state index contributed by atoms with van der Waals surface area (Å²) in [5, 5.41) is 0.405. The van der Waals surface area contributed by atoms with Crippen molar-refractivity contribution in [2.75, 3.05) is 33.4 Å². The van der Waals surface area contributed by atoms with E-state index in [1.165, 1.54) is 0 Å². The molecule has 0 saturated carbocycles.